The van der Waals surface area contributed by atoms with E-state index in [-0.39, 0.29) is 5.75 Å². The smallest absolute Gasteiger partial charge is 0.232 e. The molecule has 0 heterocycles. The summed E-state index contributed by atoms with van der Waals surface area (Å²) in [5.74, 6) is -0.142. The minimum Gasteiger partial charge on any atom is -0.284 e. The Hall–Kier alpha value is -0.810. The van der Waals surface area contributed by atoms with Crippen molar-refractivity contribution in [2.75, 3.05) is 16.4 Å². The van der Waals surface area contributed by atoms with Gasteiger partial charge in [0.2, 0.25) is 10.0 Å². The Labute approximate surface area is 93.3 Å². The first kappa shape index (κ1) is 12.3. The van der Waals surface area contributed by atoms with Gasteiger partial charge in [0.1, 0.15) is 5.82 Å². The van der Waals surface area contributed by atoms with Crippen LogP contribution in [0.3, 0.4) is 0 Å². The SMILES string of the molecule is O=S(=O)(CCCCl)Nc1ccc(F)cc1. The minimum absolute atomic E-state index is 0.0339. The highest BCUT2D eigenvalue weighted by Crippen LogP contribution is 2.10. The lowest BCUT2D eigenvalue weighted by atomic mass is 10.3. The maximum atomic E-state index is 12.5. The number of nitrogens with one attached hydrogen (secondary N) is 1. The van der Waals surface area contributed by atoms with Gasteiger partial charge < -0.3 is 0 Å². The Morgan fingerprint density at radius 3 is 2.40 bits per heavy atom. The van der Waals surface area contributed by atoms with Crippen molar-refractivity contribution < 1.29 is 12.8 Å². The fourth-order valence-corrected chi connectivity index (χ4v) is 2.41. The van der Waals surface area contributed by atoms with Crippen LogP contribution in [0, 0.1) is 5.82 Å². The van der Waals surface area contributed by atoms with Crippen LogP contribution in [0.2, 0.25) is 0 Å². The average Bonchev–Trinajstić information content (AvgIpc) is 2.18. The first-order valence-electron chi connectivity index (χ1n) is 4.35. The van der Waals surface area contributed by atoms with Crippen LogP contribution in [0.5, 0.6) is 0 Å². The molecule has 0 radical (unpaired) electrons. The molecule has 0 bridgehead atoms. The predicted octanol–water partition coefficient (Wildman–Crippen LogP) is 2.20. The molecule has 1 aromatic rings. The summed E-state index contributed by atoms with van der Waals surface area (Å²) in [5.41, 5.74) is 0.353. The van der Waals surface area contributed by atoms with Crippen molar-refractivity contribution in [1.82, 2.24) is 0 Å². The fourth-order valence-electron chi connectivity index (χ4n) is 0.993. The van der Waals surface area contributed by atoms with E-state index in [2.05, 4.69) is 4.72 Å². The Morgan fingerprint density at radius 2 is 1.87 bits per heavy atom. The van der Waals surface area contributed by atoms with Gasteiger partial charge in [0.25, 0.3) is 0 Å². The first-order valence-corrected chi connectivity index (χ1v) is 6.54. The van der Waals surface area contributed by atoms with Crippen LogP contribution in [-0.4, -0.2) is 20.1 Å². The number of halogens is 2. The molecule has 15 heavy (non-hydrogen) atoms. The van der Waals surface area contributed by atoms with E-state index in [0.29, 0.717) is 18.0 Å². The standard InChI is InChI=1S/C9H11ClFNO2S/c10-6-1-7-15(13,14)12-9-4-2-8(11)3-5-9/h2-5,12H,1,6-7H2. The Kier molecular flexibility index (Phi) is 4.35. The molecular weight excluding hydrogens is 241 g/mol. The van der Waals surface area contributed by atoms with E-state index in [1.54, 1.807) is 0 Å². The molecule has 0 saturated heterocycles. The van der Waals surface area contributed by atoms with E-state index < -0.39 is 15.8 Å². The van der Waals surface area contributed by atoms with Crippen molar-refractivity contribution in [2.24, 2.45) is 0 Å². The summed E-state index contributed by atoms with van der Waals surface area (Å²) in [7, 11) is -3.37. The third-order valence-electron chi connectivity index (χ3n) is 1.66. The molecule has 0 aliphatic carbocycles. The molecule has 0 fully saturated rings. The van der Waals surface area contributed by atoms with Gasteiger partial charge in [-0.05, 0) is 30.7 Å². The molecule has 1 N–H and O–H groups in total. The molecule has 0 aromatic heterocycles. The maximum Gasteiger partial charge on any atom is 0.232 e. The normalized spacial score (nSPS) is 11.3. The highest BCUT2D eigenvalue weighted by atomic mass is 35.5. The number of hydrogen-bond donors (Lipinski definition) is 1. The monoisotopic (exact) mass is 251 g/mol. The van der Waals surface area contributed by atoms with Crippen LogP contribution in [0.15, 0.2) is 24.3 Å². The number of hydrogen-bond acceptors (Lipinski definition) is 2. The molecule has 0 saturated carbocycles. The largest absolute Gasteiger partial charge is 0.284 e. The zero-order valence-corrected chi connectivity index (χ0v) is 9.48. The molecule has 0 atom stereocenters. The van der Waals surface area contributed by atoms with Crippen LogP contribution < -0.4 is 4.72 Å². The van der Waals surface area contributed by atoms with E-state index in [1.807, 2.05) is 0 Å². The van der Waals surface area contributed by atoms with Crippen molar-refractivity contribution >= 4 is 27.3 Å². The summed E-state index contributed by atoms with van der Waals surface area (Å²) in [6.07, 6.45) is 0.387. The van der Waals surface area contributed by atoms with Crippen LogP contribution >= 0.6 is 11.6 Å². The number of anilines is 1. The highest BCUT2D eigenvalue weighted by molar-refractivity contribution is 7.92. The van der Waals surface area contributed by atoms with Gasteiger partial charge in [0.15, 0.2) is 0 Å². The van der Waals surface area contributed by atoms with Crippen LogP contribution in [-0.2, 0) is 10.0 Å². The zero-order valence-electron chi connectivity index (χ0n) is 7.91. The van der Waals surface area contributed by atoms with Gasteiger partial charge in [0, 0.05) is 11.6 Å². The van der Waals surface area contributed by atoms with Crippen molar-refractivity contribution in [2.45, 2.75) is 6.42 Å². The van der Waals surface area contributed by atoms with Crippen LogP contribution in [0.4, 0.5) is 10.1 Å². The van der Waals surface area contributed by atoms with E-state index in [9.17, 15) is 12.8 Å². The third kappa shape index (κ3) is 4.48. The molecule has 0 spiro atoms. The van der Waals surface area contributed by atoms with Crippen molar-refractivity contribution in [1.29, 1.82) is 0 Å². The fraction of sp³-hybridized carbons (Fsp3) is 0.333. The van der Waals surface area contributed by atoms with Crippen molar-refractivity contribution in [3.8, 4) is 0 Å². The topological polar surface area (TPSA) is 46.2 Å². The summed E-state index contributed by atoms with van der Waals surface area (Å²) < 4.78 is 37.6. The maximum absolute atomic E-state index is 12.5. The quantitative estimate of drug-likeness (QED) is 0.816. The Bertz CT molecular complexity index is 405. The van der Waals surface area contributed by atoms with Crippen molar-refractivity contribution in [3.63, 3.8) is 0 Å². The molecule has 0 aliphatic rings. The molecular formula is C9H11ClFNO2S. The summed E-state index contributed by atoms with van der Waals surface area (Å²) in [5, 5.41) is 0. The predicted molar refractivity (Wildman–Crippen MR) is 59.1 cm³/mol. The molecule has 0 amide bonds. The molecule has 0 unspecified atom stereocenters. The van der Waals surface area contributed by atoms with Gasteiger partial charge in [-0.15, -0.1) is 11.6 Å². The third-order valence-corrected chi connectivity index (χ3v) is 3.30. The van der Waals surface area contributed by atoms with Gasteiger partial charge >= 0.3 is 0 Å². The van der Waals surface area contributed by atoms with Gasteiger partial charge in [-0.3, -0.25) is 4.72 Å². The number of benzene rings is 1. The summed E-state index contributed by atoms with van der Waals surface area (Å²) in [4.78, 5) is 0. The molecule has 1 rings (SSSR count). The summed E-state index contributed by atoms with van der Waals surface area (Å²) in [6.45, 7) is 0. The molecule has 3 nitrogen and oxygen atoms in total. The average molecular weight is 252 g/mol. The Balaban J connectivity index is 2.65. The van der Waals surface area contributed by atoms with Crippen LogP contribution in [0.1, 0.15) is 6.42 Å². The number of alkyl halides is 1. The second kappa shape index (κ2) is 5.32. The van der Waals surface area contributed by atoms with E-state index >= 15 is 0 Å². The van der Waals surface area contributed by atoms with Gasteiger partial charge in [-0.2, -0.15) is 0 Å². The molecule has 1 aromatic carbocycles. The van der Waals surface area contributed by atoms with E-state index in [4.69, 9.17) is 11.6 Å². The van der Waals surface area contributed by atoms with Crippen molar-refractivity contribution in [3.05, 3.63) is 30.1 Å². The zero-order chi connectivity index (χ0) is 11.3. The van der Waals surface area contributed by atoms with E-state index in [1.165, 1.54) is 24.3 Å². The van der Waals surface area contributed by atoms with Gasteiger partial charge in [-0.1, -0.05) is 0 Å². The first-order chi connectivity index (χ1) is 7.03. The molecule has 6 heteroatoms. The minimum atomic E-state index is -3.37. The number of rotatable bonds is 5. The lowest BCUT2D eigenvalue weighted by molar-refractivity contribution is 0.599. The summed E-state index contributed by atoms with van der Waals surface area (Å²) >= 11 is 5.39. The lowest BCUT2D eigenvalue weighted by Gasteiger charge is -2.06. The number of sulfonamides is 1. The van der Waals surface area contributed by atoms with Gasteiger partial charge in [0.05, 0.1) is 5.75 Å². The molecule has 84 valence electrons. The van der Waals surface area contributed by atoms with Gasteiger partial charge in [-0.25, -0.2) is 12.8 Å². The highest BCUT2D eigenvalue weighted by Gasteiger charge is 2.09. The lowest BCUT2D eigenvalue weighted by Crippen LogP contribution is -2.16. The van der Waals surface area contributed by atoms with E-state index in [0.717, 1.165) is 0 Å². The Morgan fingerprint density at radius 1 is 1.27 bits per heavy atom. The second-order valence-corrected chi connectivity index (χ2v) is 5.19. The second-order valence-electron chi connectivity index (χ2n) is 2.97. The summed E-state index contributed by atoms with van der Waals surface area (Å²) in [6, 6.07) is 5.12. The van der Waals surface area contributed by atoms with Crippen LogP contribution in [0.25, 0.3) is 0 Å². The molecule has 0 aliphatic heterocycles.